The minimum absolute atomic E-state index is 0.0524. The molecule has 16 nitrogen and oxygen atoms in total. The quantitative estimate of drug-likeness (QED) is 0.101. The lowest BCUT2D eigenvalue weighted by atomic mass is 9.97. The molecule has 0 unspecified atom stereocenters. The van der Waals surface area contributed by atoms with E-state index in [4.69, 9.17) is 32.8 Å². The van der Waals surface area contributed by atoms with Crippen LogP contribution in [0.3, 0.4) is 0 Å². The normalized spacial score (nSPS) is 40.7. The number of hydrogen-bond acceptors (Lipinski definition) is 16. The van der Waals surface area contributed by atoms with E-state index < -0.39 is 107 Å². The van der Waals surface area contributed by atoms with Gasteiger partial charge >= 0.3 is 0 Å². The fourth-order valence-electron chi connectivity index (χ4n) is 5.43. The highest BCUT2D eigenvalue weighted by molar-refractivity contribution is 6.74. The Bertz CT molecular complexity index is 1140. The van der Waals surface area contributed by atoms with Crippen molar-refractivity contribution < 1.29 is 78.8 Å². The van der Waals surface area contributed by atoms with Crippen LogP contribution in [0, 0.1) is 0 Å². The predicted octanol–water partition coefficient (Wildman–Crippen LogP) is -1.93. The van der Waals surface area contributed by atoms with Crippen molar-refractivity contribution in [2.75, 3.05) is 19.8 Å². The summed E-state index contributed by atoms with van der Waals surface area (Å²) in [5, 5.41) is 94.4. The third kappa shape index (κ3) is 9.82. The molecule has 0 amide bonds. The Morgan fingerprint density at radius 1 is 0.571 bits per heavy atom. The number of benzene rings is 1. The topological polar surface area (TPSA) is 247 Å². The second kappa shape index (κ2) is 17.1. The number of ether oxygens (including phenoxy) is 6. The molecule has 15 atom stereocenters. The van der Waals surface area contributed by atoms with Gasteiger partial charge in [-0.3, -0.25) is 0 Å². The molecule has 49 heavy (non-hydrogen) atoms. The first-order chi connectivity index (χ1) is 22.9. The first-order valence-corrected chi connectivity index (χ1v) is 19.5. The van der Waals surface area contributed by atoms with Gasteiger partial charge in [0.2, 0.25) is 0 Å². The van der Waals surface area contributed by atoms with Gasteiger partial charge in [-0.25, -0.2) is 0 Å². The molecule has 0 radical (unpaired) electrons. The molecule has 3 aliphatic rings. The van der Waals surface area contributed by atoms with Crippen molar-refractivity contribution in [3.63, 3.8) is 0 Å². The van der Waals surface area contributed by atoms with Crippen molar-refractivity contribution in [2.45, 2.75) is 144 Å². The van der Waals surface area contributed by atoms with Gasteiger partial charge in [0.25, 0.3) is 0 Å². The van der Waals surface area contributed by atoms with E-state index >= 15 is 0 Å². The third-order valence-electron chi connectivity index (χ3n) is 9.79. The zero-order valence-electron chi connectivity index (χ0n) is 28.5. The van der Waals surface area contributed by atoms with Crippen LogP contribution in [0.1, 0.15) is 32.8 Å². The summed E-state index contributed by atoms with van der Waals surface area (Å²) in [5.74, 6) is 0. The highest BCUT2D eigenvalue weighted by Gasteiger charge is 2.49. The van der Waals surface area contributed by atoms with Crippen LogP contribution in [0.15, 0.2) is 30.3 Å². The Hall–Kier alpha value is -1.20. The van der Waals surface area contributed by atoms with E-state index in [0.717, 1.165) is 5.56 Å². The molecular formula is C32H54O16Si. The van der Waals surface area contributed by atoms with Gasteiger partial charge in [-0.2, -0.15) is 0 Å². The maximum Gasteiger partial charge on any atom is 0.192 e. The molecule has 3 heterocycles. The van der Waals surface area contributed by atoms with Crippen LogP contribution in [0.25, 0.3) is 0 Å². The van der Waals surface area contributed by atoms with Crippen LogP contribution in [-0.4, -0.2) is 166 Å². The molecule has 4 rings (SSSR count). The minimum atomic E-state index is -2.25. The molecule has 17 heteroatoms. The van der Waals surface area contributed by atoms with E-state index in [2.05, 4.69) is 0 Å². The molecule has 3 saturated heterocycles. The van der Waals surface area contributed by atoms with Crippen LogP contribution < -0.4 is 0 Å². The van der Waals surface area contributed by atoms with Gasteiger partial charge in [-0.15, -0.1) is 0 Å². The molecule has 0 bridgehead atoms. The van der Waals surface area contributed by atoms with Gasteiger partial charge in [0.15, 0.2) is 27.2 Å². The molecule has 1 aromatic rings. The molecule has 9 N–H and O–H groups in total. The van der Waals surface area contributed by atoms with Crippen LogP contribution >= 0.6 is 0 Å². The molecule has 0 aliphatic carbocycles. The summed E-state index contributed by atoms with van der Waals surface area (Å²) in [7, 11) is -2.25. The highest BCUT2D eigenvalue weighted by Crippen LogP contribution is 2.37. The van der Waals surface area contributed by atoms with Crippen LogP contribution in [0.2, 0.25) is 18.1 Å². The standard InChI is InChI=1S/C32H54O16Si/c1-32(2,3)49(4,5)45-15-19-22(35)25(38)28(41)31(48-19)44-14-18-21(34)24(37)26(39)29(47-18)42-12-11-17-20(33)23(36)27(40)30(46-17)43-13-16-9-7-6-8-10-16/h6-10,17-31,33-41H,11-15H2,1-5H3/t17-,18-,19-,20-,21-,22-,23+,24+,25+,26+,27+,28+,29+,30+,31+/m0/s1. The summed E-state index contributed by atoms with van der Waals surface area (Å²) in [6.07, 6.45) is -22.1. The Morgan fingerprint density at radius 3 is 1.55 bits per heavy atom. The largest absolute Gasteiger partial charge is 0.414 e. The van der Waals surface area contributed by atoms with Gasteiger partial charge < -0.3 is 78.8 Å². The maximum atomic E-state index is 10.6. The van der Waals surface area contributed by atoms with Crippen molar-refractivity contribution in [3.8, 4) is 0 Å². The fourth-order valence-corrected chi connectivity index (χ4v) is 6.44. The predicted molar refractivity (Wildman–Crippen MR) is 171 cm³/mol. The Morgan fingerprint density at radius 2 is 1.02 bits per heavy atom. The summed E-state index contributed by atoms with van der Waals surface area (Å²) >= 11 is 0. The van der Waals surface area contributed by atoms with Crippen molar-refractivity contribution in [1.29, 1.82) is 0 Å². The average Bonchev–Trinajstić information content (AvgIpc) is 3.06. The Balaban J connectivity index is 1.30. The molecule has 0 aromatic heterocycles. The number of aliphatic hydroxyl groups excluding tert-OH is 9. The highest BCUT2D eigenvalue weighted by atomic mass is 28.4. The summed E-state index contributed by atoms with van der Waals surface area (Å²) in [6.45, 7) is 9.45. The lowest BCUT2D eigenvalue weighted by Gasteiger charge is -2.44. The van der Waals surface area contributed by atoms with Gasteiger partial charge in [-0.05, 0) is 30.1 Å². The molecular weight excluding hydrogens is 668 g/mol. The lowest BCUT2D eigenvalue weighted by Crippen LogP contribution is -2.62. The summed E-state index contributed by atoms with van der Waals surface area (Å²) < 4.78 is 40.2. The van der Waals surface area contributed by atoms with Crippen molar-refractivity contribution in [2.24, 2.45) is 0 Å². The number of aliphatic hydroxyl groups is 9. The maximum absolute atomic E-state index is 10.6. The van der Waals surface area contributed by atoms with Crippen LogP contribution in [0.5, 0.6) is 0 Å². The van der Waals surface area contributed by atoms with Gasteiger partial charge in [0.1, 0.15) is 67.1 Å². The fraction of sp³-hybridized carbons (Fsp3) is 0.812. The zero-order chi connectivity index (χ0) is 36.3. The van der Waals surface area contributed by atoms with Gasteiger partial charge in [0, 0.05) is 0 Å². The van der Waals surface area contributed by atoms with Crippen LogP contribution in [0.4, 0.5) is 0 Å². The van der Waals surface area contributed by atoms with E-state index in [0.29, 0.717) is 0 Å². The van der Waals surface area contributed by atoms with E-state index in [9.17, 15) is 46.0 Å². The summed E-state index contributed by atoms with van der Waals surface area (Å²) in [5.41, 5.74) is 0.801. The van der Waals surface area contributed by atoms with E-state index in [1.807, 2.05) is 64.2 Å². The zero-order valence-corrected chi connectivity index (χ0v) is 29.5. The van der Waals surface area contributed by atoms with Crippen molar-refractivity contribution in [1.82, 2.24) is 0 Å². The smallest absolute Gasteiger partial charge is 0.192 e. The summed E-state index contributed by atoms with van der Waals surface area (Å²) in [4.78, 5) is 0. The first kappa shape index (κ1) is 40.6. The Kier molecular flexibility index (Phi) is 14.1. The average molecular weight is 723 g/mol. The lowest BCUT2D eigenvalue weighted by molar-refractivity contribution is -0.333. The molecule has 282 valence electrons. The second-order valence-electron chi connectivity index (χ2n) is 14.4. The Labute approximate surface area is 286 Å². The molecule has 0 saturated carbocycles. The number of rotatable bonds is 13. The monoisotopic (exact) mass is 722 g/mol. The molecule has 0 spiro atoms. The van der Waals surface area contributed by atoms with Crippen LogP contribution in [-0.2, 0) is 39.5 Å². The number of hydrogen-bond donors (Lipinski definition) is 9. The van der Waals surface area contributed by atoms with Crippen molar-refractivity contribution >= 4 is 8.32 Å². The van der Waals surface area contributed by atoms with E-state index in [-0.39, 0.29) is 31.3 Å². The minimum Gasteiger partial charge on any atom is -0.414 e. The molecule has 1 aromatic carbocycles. The third-order valence-corrected chi connectivity index (χ3v) is 14.3. The van der Waals surface area contributed by atoms with Gasteiger partial charge in [0.05, 0.1) is 32.5 Å². The first-order valence-electron chi connectivity index (χ1n) is 16.5. The molecule has 3 fully saturated rings. The van der Waals surface area contributed by atoms with E-state index in [1.165, 1.54) is 0 Å². The second-order valence-corrected chi connectivity index (χ2v) is 19.2. The molecule has 3 aliphatic heterocycles. The van der Waals surface area contributed by atoms with E-state index in [1.54, 1.807) is 0 Å². The summed E-state index contributed by atoms with van der Waals surface area (Å²) in [6, 6.07) is 9.09. The van der Waals surface area contributed by atoms with Crippen molar-refractivity contribution in [3.05, 3.63) is 35.9 Å². The SMILES string of the molecule is CC(C)(C)[Si](C)(C)OC[C@@H]1O[C@@H](OC[C@@H]2O[C@@H](OCC[C@@H]3O[C@@H](OCc4ccccc4)[C@H](O)[C@H](O)[C@H]3O)[C@H](O)[C@H](O)[C@H]2O)[C@H](O)[C@H](O)[C@H]1O. The van der Waals surface area contributed by atoms with Gasteiger partial charge in [-0.1, -0.05) is 51.1 Å².